The van der Waals surface area contributed by atoms with Crippen LogP contribution in [0.3, 0.4) is 0 Å². The van der Waals surface area contributed by atoms with Crippen LogP contribution in [0.15, 0.2) is 18.2 Å². The molecule has 0 aliphatic rings. The number of nitrogens with two attached hydrogens (primary N) is 1. The molecule has 1 rings (SSSR count). The molecule has 0 unspecified atom stereocenters. The van der Waals surface area contributed by atoms with Gasteiger partial charge in [0.1, 0.15) is 5.84 Å². The number of halogens is 3. The number of hydrogen-bond donors (Lipinski definition) is 3. The minimum absolute atomic E-state index is 0.303. The Morgan fingerprint density at radius 2 is 2.00 bits per heavy atom. The number of ether oxygens (including phenoxy) is 1. The van der Waals surface area contributed by atoms with Gasteiger partial charge in [0.2, 0.25) is 0 Å². The predicted octanol–water partition coefficient (Wildman–Crippen LogP) is 1.14. The minimum atomic E-state index is -5.20. The van der Waals surface area contributed by atoms with Crippen LogP contribution in [0.4, 0.5) is 13.2 Å². The first-order valence-electron chi connectivity index (χ1n) is 4.19. The van der Waals surface area contributed by atoms with Crippen LogP contribution >= 0.6 is 0 Å². The molecule has 0 aliphatic heterocycles. The monoisotopic (exact) mass is 248 g/mol. The van der Waals surface area contributed by atoms with Crippen LogP contribution in [-0.2, 0) is 4.79 Å². The lowest BCUT2D eigenvalue weighted by atomic mass is 10.1. The summed E-state index contributed by atoms with van der Waals surface area (Å²) in [5.41, 5.74) is 4.76. The number of aromatic hydroxyl groups is 1. The maximum atomic E-state index is 12.0. The summed E-state index contributed by atoms with van der Waals surface area (Å²) in [6.45, 7) is 0. The highest BCUT2D eigenvalue weighted by Crippen LogP contribution is 2.31. The smallest absolute Gasteiger partial charge is 0.491 e. The molecule has 1 aromatic rings. The van der Waals surface area contributed by atoms with Crippen LogP contribution in [0.5, 0.6) is 11.5 Å². The van der Waals surface area contributed by atoms with Gasteiger partial charge in [-0.1, -0.05) is 6.07 Å². The zero-order valence-corrected chi connectivity index (χ0v) is 8.21. The summed E-state index contributed by atoms with van der Waals surface area (Å²) in [6.07, 6.45) is -5.20. The van der Waals surface area contributed by atoms with E-state index in [9.17, 15) is 23.1 Å². The third-order valence-corrected chi connectivity index (χ3v) is 1.71. The van der Waals surface area contributed by atoms with Gasteiger partial charge in [0.05, 0.1) is 5.56 Å². The predicted molar refractivity (Wildman–Crippen MR) is 50.8 cm³/mol. The molecule has 0 atom stereocenters. The maximum Gasteiger partial charge on any atom is 0.491 e. The summed E-state index contributed by atoms with van der Waals surface area (Å²) in [4.78, 5) is 10.6. The number of amidine groups is 1. The number of alkyl halides is 3. The number of rotatable bonds is 2. The zero-order valence-electron chi connectivity index (χ0n) is 8.21. The quantitative estimate of drug-likeness (QED) is 0.316. The fourth-order valence-corrected chi connectivity index (χ4v) is 0.995. The Labute approximate surface area is 93.1 Å². The third kappa shape index (κ3) is 2.86. The van der Waals surface area contributed by atoms with Gasteiger partial charge in [0.15, 0.2) is 11.5 Å². The number of para-hydroxylation sites is 1. The minimum Gasteiger partial charge on any atom is -0.504 e. The lowest BCUT2D eigenvalue weighted by Gasteiger charge is -2.11. The SMILES string of the molecule is N=C(N)c1cccc(O)c1OC(=O)C(F)(F)F. The van der Waals surface area contributed by atoms with E-state index in [2.05, 4.69) is 4.74 Å². The van der Waals surface area contributed by atoms with Gasteiger partial charge in [0, 0.05) is 0 Å². The normalized spacial score (nSPS) is 11.0. The van der Waals surface area contributed by atoms with Gasteiger partial charge >= 0.3 is 12.1 Å². The molecule has 0 heterocycles. The summed E-state index contributed by atoms with van der Waals surface area (Å²) >= 11 is 0. The second-order valence-electron chi connectivity index (χ2n) is 2.95. The summed E-state index contributed by atoms with van der Waals surface area (Å²) in [5.74, 6) is -4.63. The molecule has 0 saturated heterocycles. The highest BCUT2D eigenvalue weighted by Gasteiger charge is 2.42. The third-order valence-electron chi connectivity index (χ3n) is 1.71. The molecule has 0 amide bonds. The van der Waals surface area contributed by atoms with Crippen molar-refractivity contribution >= 4 is 11.8 Å². The number of hydrogen-bond acceptors (Lipinski definition) is 4. The lowest BCUT2D eigenvalue weighted by Crippen LogP contribution is -2.29. The number of carbonyl (C=O) groups is 1. The van der Waals surface area contributed by atoms with Gasteiger partial charge in [-0.3, -0.25) is 5.41 Å². The van der Waals surface area contributed by atoms with E-state index in [4.69, 9.17) is 11.1 Å². The van der Waals surface area contributed by atoms with E-state index in [1.165, 1.54) is 6.07 Å². The molecule has 0 aliphatic carbocycles. The number of esters is 1. The van der Waals surface area contributed by atoms with Gasteiger partial charge in [0.25, 0.3) is 0 Å². The summed E-state index contributed by atoms with van der Waals surface area (Å²) in [7, 11) is 0. The van der Waals surface area contributed by atoms with E-state index < -0.39 is 29.5 Å². The molecule has 4 N–H and O–H groups in total. The fourth-order valence-electron chi connectivity index (χ4n) is 0.995. The van der Waals surface area contributed by atoms with Crippen molar-refractivity contribution in [1.82, 2.24) is 0 Å². The van der Waals surface area contributed by atoms with Gasteiger partial charge in [-0.15, -0.1) is 0 Å². The van der Waals surface area contributed by atoms with E-state index in [0.29, 0.717) is 0 Å². The van der Waals surface area contributed by atoms with Crippen LogP contribution in [-0.4, -0.2) is 23.1 Å². The Kier molecular flexibility index (Phi) is 3.26. The average Bonchev–Trinajstić information content (AvgIpc) is 2.18. The number of nitrogen functional groups attached to an aromatic ring is 1. The molecule has 92 valence electrons. The Hall–Kier alpha value is -2.25. The first-order chi connectivity index (χ1) is 7.73. The van der Waals surface area contributed by atoms with Crippen molar-refractivity contribution in [1.29, 1.82) is 5.41 Å². The molecule has 0 fully saturated rings. The first kappa shape index (κ1) is 12.8. The van der Waals surface area contributed by atoms with E-state index in [1.54, 1.807) is 0 Å². The number of carbonyl (C=O) groups excluding carboxylic acids is 1. The van der Waals surface area contributed by atoms with Crippen LogP contribution < -0.4 is 10.5 Å². The van der Waals surface area contributed by atoms with Crippen molar-refractivity contribution in [3.8, 4) is 11.5 Å². The molecule has 17 heavy (non-hydrogen) atoms. The second-order valence-corrected chi connectivity index (χ2v) is 2.95. The van der Waals surface area contributed by atoms with Crippen molar-refractivity contribution in [2.45, 2.75) is 6.18 Å². The van der Waals surface area contributed by atoms with Crippen molar-refractivity contribution in [2.75, 3.05) is 0 Å². The van der Waals surface area contributed by atoms with Crippen LogP contribution in [0.25, 0.3) is 0 Å². The summed E-state index contributed by atoms with van der Waals surface area (Å²) in [6, 6.07) is 3.39. The Morgan fingerprint density at radius 3 is 2.47 bits per heavy atom. The van der Waals surface area contributed by atoms with Crippen LogP contribution in [0.1, 0.15) is 5.56 Å². The summed E-state index contributed by atoms with van der Waals surface area (Å²) in [5, 5.41) is 16.3. The molecule has 5 nitrogen and oxygen atoms in total. The second kappa shape index (κ2) is 4.32. The van der Waals surface area contributed by atoms with Crippen molar-refractivity contribution in [3.05, 3.63) is 23.8 Å². The number of nitrogens with one attached hydrogen (secondary N) is 1. The van der Waals surface area contributed by atoms with Crippen molar-refractivity contribution in [3.63, 3.8) is 0 Å². The molecular formula is C9H7F3N2O3. The van der Waals surface area contributed by atoms with Gasteiger partial charge in [-0.25, -0.2) is 4.79 Å². The molecule has 0 radical (unpaired) electrons. The van der Waals surface area contributed by atoms with Crippen molar-refractivity contribution in [2.24, 2.45) is 5.73 Å². The van der Waals surface area contributed by atoms with E-state index in [0.717, 1.165) is 12.1 Å². The Balaban J connectivity index is 3.14. The molecule has 1 aromatic carbocycles. The molecule has 0 spiro atoms. The molecule has 0 aromatic heterocycles. The van der Waals surface area contributed by atoms with Crippen LogP contribution in [0, 0.1) is 5.41 Å². The highest BCUT2D eigenvalue weighted by atomic mass is 19.4. The highest BCUT2D eigenvalue weighted by molar-refractivity contribution is 5.99. The fraction of sp³-hybridized carbons (Fsp3) is 0.111. The van der Waals surface area contributed by atoms with E-state index in [-0.39, 0.29) is 5.56 Å². The molecule has 0 bridgehead atoms. The van der Waals surface area contributed by atoms with E-state index in [1.807, 2.05) is 0 Å². The first-order valence-corrected chi connectivity index (χ1v) is 4.19. The van der Waals surface area contributed by atoms with Gasteiger partial charge in [-0.05, 0) is 12.1 Å². The Morgan fingerprint density at radius 1 is 1.41 bits per heavy atom. The summed E-state index contributed by atoms with van der Waals surface area (Å²) < 4.78 is 39.8. The van der Waals surface area contributed by atoms with Gasteiger partial charge < -0.3 is 15.6 Å². The number of phenols is 1. The molecule has 0 saturated carbocycles. The Bertz CT molecular complexity index is 471. The topological polar surface area (TPSA) is 96.4 Å². The van der Waals surface area contributed by atoms with E-state index >= 15 is 0 Å². The number of benzene rings is 1. The lowest BCUT2D eigenvalue weighted by molar-refractivity contribution is -0.189. The standard InChI is InChI=1S/C9H7F3N2O3/c10-9(11,12)8(16)17-6-4(7(13)14)2-1-3-5(6)15/h1-3,15H,(H3,13,14). The van der Waals surface area contributed by atoms with Crippen molar-refractivity contribution < 1.29 is 27.8 Å². The maximum absolute atomic E-state index is 12.0. The van der Waals surface area contributed by atoms with Gasteiger partial charge in [-0.2, -0.15) is 13.2 Å². The van der Waals surface area contributed by atoms with Crippen LogP contribution in [0.2, 0.25) is 0 Å². The number of phenolic OH excluding ortho intramolecular Hbond substituents is 1. The molecular weight excluding hydrogens is 241 g/mol. The average molecular weight is 248 g/mol. The zero-order chi connectivity index (χ0) is 13.2. The largest absolute Gasteiger partial charge is 0.504 e. The molecule has 8 heteroatoms.